The number of hydrogen-bond donors (Lipinski definition) is 2. The van der Waals surface area contributed by atoms with Crippen molar-refractivity contribution in [2.75, 3.05) is 13.7 Å². The van der Waals surface area contributed by atoms with Crippen LogP contribution in [-0.4, -0.2) is 46.3 Å². The lowest BCUT2D eigenvalue weighted by Crippen LogP contribution is -2.48. The Kier molecular flexibility index (Phi) is 4.77. The molecule has 1 saturated heterocycles. The zero-order chi connectivity index (χ0) is 21.7. The maximum atomic E-state index is 13.8. The van der Waals surface area contributed by atoms with Crippen LogP contribution in [0.4, 0.5) is 13.2 Å². The molecule has 1 aromatic heterocycles. The van der Waals surface area contributed by atoms with E-state index in [9.17, 15) is 32.7 Å². The van der Waals surface area contributed by atoms with Crippen molar-refractivity contribution in [1.29, 1.82) is 0 Å². The normalized spacial score (nSPS) is 20.1. The summed E-state index contributed by atoms with van der Waals surface area (Å²) in [4.78, 5) is 38.8. The molecule has 2 aromatic rings. The van der Waals surface area contributed by atoms with Gasteiger partial charge in [0, 0.05) is 37.5 Å². The average Bonchev–Trinajstić information content (AvgIpc) is 3.17. The fraction of sp³-hybridized carbons (Fsp3) is 0.316. The van der Waals surface area contributed by atoms with Crippen LogP contribution in [0.15, 0.2) is 23.1 Å². The Morgan fingerprint density at radius 3 is 2.60 bits per heavy atom. The molecule has 1 unspecified atom stereocenters. The predicted octanol–water partition coefficient (Wildman–Crippen LogP) is 1.27. The van der Waals surface area contributed by atoms with Crippen molar-refractivity contribution in [3.8, 4) is 5.75 Å². The first-order valence-corrected chi connectivity index (χ1v) is 8.99. The Morgan fingerprint density at radius 1 is 1.27 bits per heavy atom. The number of nitrogens with one attached hydrogen (secondary N) is 1. The monoisotopic (exact) mass is 423 g/mol. The van der Waals surface area contributed by atoms with E-state index in [1.165, 1.54) is 16.5 Å². The number of rotatable bonds is 3. The Labute approximate surface area is 167 Å². The minimum atomic E-state index is -1.20. The maximum absolute atomic E-state index is 13.8. The molecule has 1 aromatic carbocycles. The van der Waals surface area contributed by atoms with Crippen LogP contribution >= 0.6 is 0 Å². The number of halogens is 3. The number of fused-ring (bicyclic) bond motifs is 3. The minimum Gasteiger partial charge on any atom is -0.503 e. The molecule has 1 fully saturated rings. The second kappa shape index (κ2) is 7.17. The van der Waals surface area contributed by atoms with Crippen molar-refractivity contribution in [1.82, 2.24) is 14.8 Å². The molecule has 0 spiro atoms. The topological polar surface area (TPSA) is 101 Å². The molecule has 2 aliphatic heterocycles. The number of likely N-dealkylation sites (N-methyl/N-ethyl adjacent to an activating group) is 1. The van der Waals surface area contributed by atoms with Gasteiger partial charge in [-0.1, -0.05) is 0 Å². The molecule has 158 valence electrons. The number of aromatic nitrogens is 1. The van der Waals surface area contributed by atoms with E-state index < -0.39 is 70.4 Å². The van der Waals surface area contributed by atoms with E-state index in [4.69, 9.17) is 4.74 Å². The van der Waals surface area contributed by atoms with E-state index in [-0.39, 0.29) is 5.69 Å². The van der Waals surface area contributed by atoms with Gasteiger partial charge in [0.2, 0.25) is 5.43 Å². The molecule has 0 bridgehead atoms. The average molecular weight is 423 g/mol. The van der Waals surface area contributed by atoms with Gasteiger partial charge >= 0.3 is 0 Å². The summed E-state index contributed by atoms with van der Waals surface area (Å²) in [5.41, 5.74) is -2.46. The first-order valence-electron chi connectivity index (χ1n) is 8.99. The highest BCUT2D eigenvalue weighted by atomic mass is 19.1. The summed E-state index contributed by atoms with van der Waals surface area (Å²) < 4.78 is 47.4. The van der Waals surface area contributed by atoms with Crippen LogP contribution in [-0.2, 0) is 11.3 Å². The molecule has 2 N–H and O–H groups in total. The third-order valence-electron chi connectivity index (χ3n) is 5.28. The zero-order valence-corrected chi connectivity index (χ0v) is 15.6. The van der Waals surface area contributed by atoms with Crippen LogP contribution in [0.2, 0.25) is 0 Å². The lowest BCUT2D eigenvalue weighted by Gasteiger charge is -2.36. The highest BCUT2D eigenvalue weighted by Crippen LogP contribution is 2.36. The van der Waals surface area contributed by atoms with Gasteiger partial charge < -0.3 is 24.6 Å². The Hall–Kier alpha value is -3.34. The van der Waals surface area contributed by atoms with E-state index >= 15 is 0 Å². The van der Waals surface area contributed by atoms with Crippen LogP contribution in [0.5, 0.6) is 5.75 Å². The van der Waals surface area contributed by atoms with Crippen molar-refractivity contribution in [3.63, 3.8) is 0 Å². The smallest absolute Gasteiger partial charge is 0.276 e. The zero-order valence-electron chi connectivity index (χ0n) is 15.6. The Bertz CT molecular complexity index is 1110. The van der Waals surface area contributed by atoms with Gasteiger partial charge in [-0.15, -0.1) is 0 Å². The molecule has 30 heavy (non-hydrogen) atoms. The number of carbonyl (C=O) groups excluding carboxylic acids is 2. The number of benzene rings is 1. The predicted molar refractivity (Wildman–Crippen MR) is 95.3 cm³/mol. The number of pyridine rings is 1. The number of carbonyl (C=O) groups is 2. The van der Waals surface area contributed by atoms with E-state index in [2.05, 4.69) is 5.32 Å². The molecule has 8 nitrogen and oxygen atoms in total. The van der Waals surface area contributed by atoms with Crippen molar-refractivity contribution < 1.29 is 32.6 Å². The molecule has 2 atom stereocenters. The number of hydrogen-bond acceptors (Lipinski definition) is 5. The van der Waals surface area contributed by atoms with Crippen molar-refractivity contribution in [2.45, 2.75) is 25.2 Å². The summed E-state index contributed by atoms with van der Waals surface area (Å²) in [7, 11) is 1.48. The van der Waals surface area contributed by atoms with Gasteiger partial charge in [0.1, 0.15) is 23.0 Å². The highest BCUT2D eigenvalue weighted by Gasteiger charge is 2.43. The first kappa shape index (κ1) is 20.0. The molecular formula is C19H16F3N3O5. The van der Waals surface area contributed by atoms with Crippen LogP contribution in [0, 0.1) is 17.5 Å². The van der Waals surface area contributed by atoms with Crippen molar-refractivity contribution in [3.05, 3.63) is 62.8 Å². The van der Waals surface area contributed by atoms with Gasteiger partial charge in [-0.25, -0.2) is 13.2 Å². The fourth-order valence-corrected chi connectivity index (χ4v) is 3.75. The summed E-state index contributed by atoms with van der Waals surface area (Å²) in [6, 6.07) is 0.506. The van der Waals surface area contributed by atoms with Gasteiger partial charge in [0.15, 0.2) is 17.7 Å². The third kappa shape index (κ3) is 3.02. The molecule has 0 radical (unpaired) electrons. The third-order valence-corrected chi connectivity index (χ3v) is 5.28. The van der Waals surface area contributed by atoms with Gasteiger partial charge in [-0.05, 0) is 6.42 Å². The molecule has 11 heteroatoms. The first-order chi connectivity index (χ1) is 14.2. The SMILES string of the molecule is CN1C(=O)c2c(O)c(=O)c(C(=O)NCc3c(F)cc(F)cc3F)cn2C2CCO[C@@H]21. The second-order valence-electron chi connectivity index (χ2n) is 7.04. The van der Waals surface area contributed by atoms with Gasteiger partial charge in [-0.3, -0.25) is 14.4 Å². The Morgan fingerprint density at radius 2 is 1.93 bits per heavy atom. The quantitative estimate of drug-likeness (QED) is 0.775. The van der Waals surface area contributed by atoms with E-state index in [0.29, 0.717) is 25.2 Å². The molecule has 0 aliphatic carbocycles. The number of aromatic hydroxyl groups is 1. The Balaban J connectivity index is 1.68. The van der Waals surface area contributed by atoms with Crippen molar-refractivity contribution in [2.24, 2.45) is 0 Å². The van der Waals surface area contributed by atoms with E-state index in [0.717, 1.165) is 6.20 Å². The van der Waals surface area contributed by atoms with Crippen LogP contribution < -0.4 is 10.7 Å². The second-order valence-corrected chi connectivity index (χ2v) is 7.04. The summed E-state index contributed by atoms with van der Waals surface area (Å²) in [6.45, 7) is -0.320. The summed E-state index contributed by atoms with van der Waals surface area (Å²) >= 11 is 0. The maximum Gasteiger partial charge on any atom is 0.276 e. The van der Waals surface area contributed by atoms with Crippen LogP contribution in [0.1, 0.15) is 38.9 Å². The molecule has 3 heterocycles. The minimum absolute atomic E-state index is 0.263. The lowest BCUT2D eigenvalue weighted by atomic mass is 10.1. The largest absolute Gasteiger partial charge is 0.503 e. The number of ether oxygens (including phenoxy) is 1. The van der Waals surface area contributed by atoms with Gasteiger partial charge in [-0.2, -0.15) is 0 Å². The van der Waals surface area contributed by atoms with Crippen LogP contribution in [0.25, 0.3) is 0 Å². The lowest BCUT2D eigenvalue weighted by molar-refractivity contribution is -0.0238. The molecule has 2 amide bonds. The van der Waals surface area contributed by atoms with Crippen molar-refractivity contribution >= 4 is 11.8 Å². The van der Waals surface area contributed by atoms with Gasteiger partial charge in [0.05, 0.1) is 12.6 Å². The molecule has 0 saturated carbocycles. The van der Waals surface area contributed by atoms with E-state index in [1.54, 1.807) is 0 Å². The summed E-state index contributed by atoms with van der Waals surface area (Å²) in [6.07, 6.45) is 0.983. The fourth-order valence-electron chi connectivity index (χ4n) is 3.75. The molecular weight excluding hydrogens is 407 g/mol. The number of amides is 2. The van der Waals surface area contributed by atoms with Crippen LogP contribution in [0.3, 0.4) is 0 Å². The van der Waals surface area contributed by atoms with Gasteiger partial charge in [0.25, 0.3) is 11.8 Å². The molecule has 4 rings (SSSR count). The number of nitrogens with zero attached hydrogens (tertiary/aromatic N) is 2. The standard InChI is InChI=1S/C19H16F3N3O5/c1-24-18(29)14-16(27)15(26)10(7-25(14)13-2-3-30-19(13)24)17(28)23-6-9-11(21)4-8(20)5-12(9)22/h4-5,7,13,19,27H,2-3,6H2,1H3,(H,23,28)/t13?,19-/m0/s1. The highest BCUT2D eigenvalue weighted by molar-refractivity contribution is 5.99. The summed E-state index contributed by atoms with van der Waals surface area (Å²) in [5, 5.41) is 12.5. The summed E-state index contributed by atoms with van der Waals surface area (Å²) in [5.74, 6) is -6.06. The molecule has 2 aliphatic rings. The van der Waals surface area contributed by atoms with E-state index in [1.807, 2.05) is 0 Å².